The van der Waals surface area contributed by atoms with E-state index in [1.165, 1.54) is 24.3 Å². The van der Waals surface area contributed by atoms with Gasteiger partial charge in [0, 0.05) is 24.3 Å². The van der Waals surface area contributed by atoms with Gasteiger partial charge in [-0.3, -0.25) is 0 Å². The first-order chi connectivity index (χ1) is 11.0. The van der Waals surface area contributed by atoms with Crippen molar-refractivity contribution < 1.29 is 14.9 Å². The molecule has 2 aromatic carbocycles. The largest absolute Gasteiger partial charge is 0.505 e. The van der Waals surface area contributed by atoms with Gasteiger partial charge in [-0.25, -0.2) is 0 Å². The summed E-state index contributed by atoms with van der Waals surface area (Å²) in [5, 5.41) is 55.1. The van der Waals surface area contributed by atoms with Gasteiger partial charge in [-0.15, -0.1) is 0 Å². The molecule has 0 aliphatic carbocycles. The Bertz CT molecular complexity index is 819. The summed E-state index contributed by atoms with van der Waals surface area (Å²) < 4.78 is 5.43. The van der Waals surface area contributed by atoms with Crippen LogP contribution in [0.4, 0.5) is 0 Å². The summed E-state index contributed by atoms with van der Waals surface area (Å²) >= 11 is 0. The highest BCUT2D eigenvalue weighted by Crippen LogP contribution is 2.33. The molecule has 0 amide bonds. The Morgan fingerprint density at radius 2 is 0.870 bits per heavy atom. The molecule has 0 spiro atoms. The van der Waals surface area contributed by atoms with E-state index in [1.807, 2.05) is 0 Å². The zero-order valence-electron chi connectivity index (χ0n) is 11.4. The number of ether oxygens (including phenoxy) is 1. The Hall–Kier alpha value is -4.20. The lowest BCUT2D eigenvalue weighted by molar-refractivity contribution is 0.455. The van der Waals surface area contributed by atoms with Crippen molar-refractivity contribution >= 4 is 0 Å². The number of phenolic OH excluding ortho intramolecular Hbond substituents is 2. The second-order valence-electron chi connectivity index (χ2n) is 4.28. The molecule has 2 aromatic rings. The number of hydrogen-bond acceptors (Lipinski definition) is 7. The molecule has 7 heteroatoms. The first-order valence-electron chi connectivity index (χ1n) is 6.06. The molecule has 0 aliphatic rings. The van der Waals surface area contributed by atoms with Gasteiger partial charge < -0.3 is 14.9 Å². The summed E-state index contributed by atoms with van der Waals surface area (Å²) in [7, 11) is 0. The maximum Gasteiger partial charge on any atom is 0.151 e. The highest BCUT2D eigenvalue weighted by atomic mass is 16.5. The molecule has 108 valence electrons. The van der Waals surface area contributed by atoms with Gasteiger partial charge in [0.15, 0.2) is 11.5 Å². The van der Waals surface area contributed by atoms with Crippen LogP contribution in [0.5, 0.6) is 23.0 Å². The number of phenols is 2. The number of aromatic hydroxyl groups is 2. The Morgan fingerprint density at radius 1 is 0.609 bits per heavy atom. The average Bonchev–Trinajstić information content (AvgIpc) is 2.57. The van der Waals surface area contributed by atoms with Crippen molar-refractivity contribution in [2.75, 3.05) is 0 Å². The molecule has 7 nitrogen and oxygen atoms in total. The molecule has 0 bridgehead atoms. The molecule has 2 N–H and O–H groups in total. The predicted octanol–water partition coefficient (Wildman–Crippen LogP) is 2.38. The van der Waals surface area contributed by atoms with Crippen LogP contribution in [-0.2, 0) is 0 Å². The Labute approximate surface area is 130 Å². The van der Waals surface area contributed by atoms with Crippen molar-refractivity contribution in [3.63, 3.8) is 0 Å². The van der Waals surface area contributed by atoms with E-state index in [0.29, 0.717) is 0 Å². The molecule has 23 heavy (non-hydrogen) atoms. The summed E-state index contributed by atoms with van der Waals surface area (Å²) in [5.41, 5.74) is -0.615. The predicted molar refractivity (Wildman–Crippen MR) is 75.1 cm³/mol. The lowest BCUT2D eigenvalue weighted by Crippen LogP contribution is -1.91. The number of rotatable bonds is 2. The van der Waals surface area contributed by atoms with E-state index in [1.54, 1.807) is 24.3 Å². The first kappa shape index (κ1) is 15.2. The highest BCUT2D eigenvalue weighted by molar-refractivity contribution is 5.59. The molecule has 0 aromatic heterocycles. The second-order valence-corrected chi connectivity index (χ2v) is 4.28. The fraction of sp³-hybridized carbons (Fsp3) is 0. The molecule has 0 unspecified atom stereocenters. The third kappa shape index (κ3) is 2.81. The number of benzene rings is 2. The van der Waals surface area contributed by atoms with E-state index in [-0.39, 0.29) is 33.8 Å². The Balaban J connectivity index is 2.53. The molecular weight excluding hydrogens is 296 g/mol. The quantitative estimate of drug-likeness (QED) is 0.865. The molecule has 0 radical (unpaired) electrons. The number of hydrogen-bond donors (Lipinski definition) is 2. The van der Waals surface area contributed by atoms with E-state index in [4.69, 9.17) is 25.8 Å². The van der Waals surface area contributed by atoms with Gasteiger partial charge in [0.05, 0.1) is 22.3 Å². The topological polar surface area (TPSA) is 145 Å². The Morgan fingerprint density at radius 3 is 1.09 bits per heavy atom. The lowest BCUT2D eigenvalue weighted by Gasteiger charge is -2.09. The number of nitriles is 4. The molecule has 0 fully saturated rings. The van der Waals surface area contributed by atoms with Gasteiger partial charge in [-0.05, 0) is 0 Å². The van der Waals surface area contributed by atoms with E-state index in [9.17, 15) is 10.2 Å². The van der Waals surface area contributed by atoms with Gasteiger partial charge in [0.2, 0.25) is 0 Å². The van der Waals surface area contributed by atoms with E-state index in [2.05, 4.69) is 0 Å². The molecule has 0 atom stereocenters. The standard InChI is InChI=1S/C16H6N4O3/c17-5-9-1-13(2-10(6-18)15(9)21)23-14-3-11(7-19)16(22)12(4-14)8-20/h1-4,21-22H. The molecule has 0 heterocycles. The minimum atomic E-state index is -0.455. The van der Waals surface area contributed by atoms with Crippen LogP contribution in [-0.4, -0.2) is 10.2 Å². The number of nitrogens with zero attached hydrogens (tertiary/aromatic N) is 4. The van der Waals surface area contributed by atoms with Crippen LogP contribution in [0, 0.1) is 45.3 Å². The van der Waals surface area contributed by atoms with Gasteiger partial charge in [-0.1, -0.05) is 0 Å². The van der Waals surface area contributed by atoms with Crippen molar-refractivity contribution in [1.82, 2.24) is 0 Å². The molecule has 0 saturated heterocycles. The summed E-state index contributed by atoms with van der Waals surface area (Å²) in [4.78, 5) is 0. The van der Waals surface area contributed by atoms with Crippen LogP contribution in [0.3, 0.4) is 0 Å². The first-order valence-corrected chi connectivity index (χ1v) is 6.06. The molecule has 2 rings (SSSR count). The van der Waals surface area contributed by atoms with Crippen LogP contribution in [0.1, 0.15) is 22.3 Å². The maximum atomic E-state index is 9.66. The molecular formula is C16H6N4O3. The van der Waals surface area contributed by atoms with Gasteiger partial charge in [0.25, 0.3) is 0 Å². The fourth-order valence-corrected chi connectivity index (χ4v) is 1.81. The van der Waals surface area contributed by atoms with Crippen molar-refractivity contribution in [1.29, 1.82) is 21.0 Å². The van der Waals surface area contributed by atoms with Crippen molar-refractivity contribution in [3.05, 3.63) is 46.5 Å². The average molecular weight is 302 g/mol. The van der Waals surface area contributed by atoms with Crippen LogP contribution in [0.25, 0.3) is 0 Å². The van der Waals surface area contributed by atoms with E-state index < -0.39 is 11.5 Å². The fourth-order valence-electron chi connectivity index (χ4n) is 1.81. The zero-order chi connectivity index (χ0) is 17.0. The molecule has 0 saturated carbocycles. The monoisotopic (exact) mass is 302 g/mol. The summed E-state index contributed by atoms with van der Waals surface area (Å²) in [5.74, 6) is -0.782. The van der Waals surface area contributed by atoms with Crippen LogP contribution >= 0.6 is 0 Å². The van der Waals surface area contributed by atoms with E-state index >= 15 is 0 Å². The highest BCUT2D eigenvalue weighted by Gasteiger charge is 2.14. The summed E-state index contributed by atoms with van der Waals surface area (Å²) in [6, 6.07) is 11.7. The minimum Gasteiger partial charge on any atom is -0.505 e. The zero-order valence-corrected chi connectivity index (χ0v) is 11.4. The van der Waals surface area contributed by atoms with Crippen LogP contribution in [0.15, 0.2) is 24.3 Å². The van der Waals surface area contributed by atoms with Crippen molar-refractivity contribution in [2.45, 2.75) is 0 Å². The maximum absolute atomic E-state index is 9.66. The van der Waals surface area contributed by atoms with Crippen molar-refractivity contribution in [3.8, 4) is 47.3 Å². The summed E-state index contributed by atoms with van der Waals surface area (Å²) in [6.45, 7) is 0. The Kier molecular flexibility index (Phi) is 4.00. The molecule has 0 aliphatic heterocycles. The third-order valence-electron chi connectivity index (χ3n) is 2.88. The van der Waals surface area contributed by atoms with Gasteiger partial charge in [-0.2, -0.15) is 21.0 Å². The van der Waals surface area contributed by atoms with Crippen LogP contribution < -0.4 is 4.74 Å². The van der Waals surface area contributed by atoms with Crippen molar-refractivity contribution in [2.24, 2.45) is 0 Å². The normalized spacial score (nSPS) is 9.04. The summed E-state index contributed by atoms with van der Waals surface area (Å²) in [6.07, 6.45) is 0. The third-order valence-corrected chi connectivity index (χ3v) is 2.88. The van der Waals surface area contributed by atoms with Crippen LogP contribution in [0.2, 0.25) is 0 Å². The second kappa shape index (κ2) is 6.06. The lowest BCUT2D eigenvalue weighted by atomic mass is 10.1. The smallest absolute Gasteiger partial charge is 0.151 e. The van der Waals surface area contributed by atoms with E-state index in [0.717, 1.165) is 0 Å². The van der Waals surface area contributed by atoms with Gasteiger partial charge >= 0.3 is 0 Å². The minimum absolute atomic E-state index is 0.0642. The SMILES string of the molecule is N#Cc1cc(Oc2cc(C#N)c(O)c(C#N)c2)cc(C#N)c1O. The van der Waals surface area contributed by atoms with Gasteiger partial charge in [0.1, 0.15) is 35.8 Å².